The first-order chi connectivity index (χ1) is 9.97. The van der Waals surface area contributed by atoms with Crippen molar-refractivity contribution in [1.82, 2.24) is 4.98 Å². The zero-order chi connectivity index (χ0) is 15.4. The van der Waals surface area contributed by atoms with E-state index in [1.54, 1.807) is 0 Å². The molecule has 9 heteroatoms. The number of rotatable bonds is 6. The van der Waals surface area contributed by atoms with Gasteiger partial charge in [-0.2, -0.15) is 0 Å². The fourth-order valence-corrected chi connectivity index (χ4v) is 2.60. The van der Waals surface area contributed by atoms with Crippen LogP contribution in [0.5, 0.6) is 0 Å². The minimum atomic E-state index is -1.05. The Bertz CT molecular complexity index is 689. The molecule has 0 aliphatic rings. The quantitative estimate of drug-likeness (QED) is 0.624. The number of hydrogen-bond acceptors (Lipinski definition) is 6. The number of nitro groups is 1. The summed E-state index contributed by atoms with van der Waals surface area (Å²) in [5.74, 6) is -1.05. The van der Waals surface area contributed by atoms with Gasteiger partial charge in [0.15, 0.2) is 5.69 Å². The highest BCUT2D eigenvalue weighted by molar-refractivity contribution is 7.09. The molecule has 0 saturated heterocycles. The molecule has 0 fully saturated rings. The van der Waals surface area contributed by atoms with Gasteiger partial charge < -0.3 is 10.4 Å². The Kier molecular flexibility index (Phi) is 4.71. The number of aromatic carboxylic acids is 1. The van der Waals surface area contributed by atoms with Crippen molar-refractivity contribution in [3.63, 3.8) is 0 Å². The van der Waals surface area contributed by atoms with Crippen LogP contribution in [0.15, 0.2) is 23.6 Å². The molecule has 0 amide bonds. The summed E-state index contributed by atoms with van der Waals surface area (Å²) >= 11 is 7.21. The molecular weight excluding hydrogens is 318 g/mol. The summed E-state index contributed by atoms with van der Waals surface area (Å²) in [6.07, 6.45) is 0.533. The fourth-order valence-electron chi connectivity index (χ4n) is 1.59. The van der Waals surface area contributed by atoms with Crippen LogP contribution in [0.25, 0.3) is 0 Å². The molecule has 1 aromatic carbocycles. The van der Waals surface area contributed by atoms with Crippen molar-refractivity contribution >= 4 is 40.3 Å². The second-order valence-corrected chi connectivity index (χ2v) is 5.38. The van der Waals surface area contributed by atoms with Gasteiger partial charge in [0.05, 0.1) is 20.6 Å². The lowest BCUT2D eigenvalue weighted by atomic mass is 10.2. The maximum atomic E-state index is 10.7. The number of nitro benzene ring substituents is 1. The Labute approximate surface area is 128 Å². The van der Waals surface area contributed by atoms with Crippen LogP contribution in [0, 0.1) is 10.1 Å². The second-order valence-electron chi connectivity index (χ2n) is 4.03. The van der Waals surface area contributed by atoms with Crippen molar-refractivity contribution in [3.8, 4) is 0 Å². The maximum Gasteiger partial charge on any atom is 0.355 e. The lowest BCUT2D eigenvalue weighted by Gasteiger charge is -2.06. The Balaban J connectivity index is 1.93. The van der Waals surface area contributed by atoms with Crippen LogP contribution in [0.2, 0.25) is 5.02 Å². The predicted molar refractivity (Wildman–Crippen MR) is 79.4 cm³/mol. The van der Waals surface area contributed by atoms with Crippen molar-refractivity contribution in [2.45, 2.75) is 6.42 Å². The van der Waals surface area contributed by atoms with Crippen LogP contribution in [0.1, 0.15) is 15.5 Å². The maximum absolute atomic E-state index is 10.7. The molecule has 0 saturated carbocycles. The molecule has 1 heterocycles. The Morgan fingerprint density at radius 3 is 2.86 bits per heavy atom. The van der Waals surface area contributed by atoms with Crippen LogP contribution in [0.4, 0.5) is 11.4 Å². The number of thiazole rings is 1. The van der Waals surface area contributed by atoms with E-state index in [-0.39, 0.29) is 16.4 Å². The number of nitrogens with one attached hydrogen (secondary N) is 1. The molecule has 0 bridgehead atoms. The van der Waals surface area contributed by atoms with Gasteiger partial charge >= 0.3 is 5.97 Å². The summed E-state index contributed by atoms with van der Waals surface area (Å²) in [6.45, 7) is 0.490. The van der Waals surface area contributed by atoms with Crippen molar-refractivity contribution in [3.05, 3.63) is 49.4 Å². The van der Waals surface area contributed by atoms with Gasteiger partial charge in [-0.25, -0.2) is 9.78 Å². The van der Waals surface area contributed by atoms with Crippen molar-refractivity contribution in [2.75, 3.05) is 11.9 Å². The summed E-state index contributed by atoms with van der Waals surface area (Å²) in [6, 6.07) is 4.17. The molecule has 0 aliphatic heterocycles. The van der Waals surface area contributed by atoms with E-state index < -0.39 is 10.9 Å². The van der Waals surface area contributed by atoms with E-state index in [0.717, 1.165) is 0 Å². The van der Waals surface area contributed by atoms with Gasteiger partial charge in [0.1, 0.15) is 0 Å². The minimum Gasteiger partial charge on any atom is -0.476 e. The summed E-state index contributed by atoms with van der Waals surface area (Å²) in [4.78, 5) is 24.7. The van der Waals surface area contributed by atoms with Crippen LogP contribution in [-0.4, -0.2) is 27.5 Å². The first-order valence-electron chi connectivity index (χ1n) is 5.83. The zero-order valence-corrected chi connectivity index (χ0v) is 12.1. The molecule has 0 aliphatic carbocycles. The molecule has 21 heavy (non-hydrogen) atoms. The highest BCUT2D eigenvalue weighted by Gasteiger charge is 2.10. The third kappa shape index (κ3) is 3.89. The molecule has 2 N–H and O–H groups in total. The van der Waals surface area contributed by atoms with Gasteiger partial charge in [0.25, 0.3) is 5.69 Å². The van der Waals surface area contributed by atoms with Crippen molar-refractivity contribution < 1.29 is 14.8 Å². The lowest BCUT2D eigenvalue weighted by Crippen LogP contribution is -2.06. The number of carboxylic acid groups (broad SMARTS) is 1. The molecule has 0 atom stereocenters. The summed E-state index contributed by atoms with van der Waals surface area (Å²) in [7, 11) is 0. The number of benzene rings is 1. The van der Waals surface area contributed by atoms with Crippen LogP contribution in [0.3, 0.4) is 0 Å². The fraction of sp³-hybridized carbons (Fsp3) is 0.167. The number of carboxylic acids is 1. The van der Waals surface area contributed by atoms with Gasteiger partial charge in [-0.3, -0.25) is 10.1 Å². The van der Waals surface area contributed by atoms with Crippen LogP contribution in [-0.2, 0) is 6.42 Å². The predicted octanol–water partition coefficient (Wildman–Crippen LogP) is 3.06. The third-order valence-corrected chi connectivity index (χ3v) is 3.81. The normalized spacial score (nSPS) is 10.3. The first-order valence-corrected chi connectivity index (χ1v) is 7.08. The van der Waals surface area contributed by atoms with E-state index in [4.69, 9.17) is 16.7 Å². The molecule has 110 valence electrons. The molecule has 0 unspecified atom stereocenters. The van der Waals surface area contributed by atoms with E-state index >= 15 is 0 Å². The number of carbonyl (C=O) groups is 1. The van der Waals surface area contributed by atoms with Gasteiger partial charge in [-0.1, -0.05) is 11.6 Å². The molecule has 2 aromatic rings. The van der Waals surface area contributed by atoms with Crippen molar-refractivity contribution in [2.24, 2.45) is 0 Å². The highest BCUT2D eigenvalue weighted by Crippen LogP contribution is 2.26. The number of nitrogens with zero attached hydrogens (tertiary/aromatic N) is 2. The SMILES string of the molecule is O=C(O)c1csc(CCNc2ccc([N+](=O)[O-])cc2Cl)n1. The average Bonchev–Trinajstić information content (AvgIpc) is 2.89. The Morgan fingerprint density at radius 1 is 1.52 bits per heavy atom. The molecule has 1 aromatic heterocycles. The molecular formula is C12H10ClN3O4S. The summed E-state index contributed by atoms with van der Waals surface area (Å²) < 4.78 is 0. The Hall–Kier alpha value is -2.19. The third-order valence-electron chi connectivity index (χ3n) is 2.59. The highest BCUT2D eigenvalue weighted by atomic mass is 35.5. The van der Waals surface area contributed by atoms with Gasteiger partial charge in [-0.15, -0.1) is 11.3 Å². The number of anilines is 1. The largest absolute Gasteiger partial charge is 0.476 e. The van der Waals surface area contributed by atoms with Gasteiger partial charge in [0, 0.05) is 30.5 Å². The van der Waals surface area contributed by atoms with E-state index in [2.05, 4.69) is 10.3 Å². The topological polar surface area (TPSA) is 105 Å². The molecule has 2 rings (SSSR count). The van der Waals surface area contributed by atoms with E-state index in [1.165, 1.54) is 34.9 Å². The van der Waals surface area contributed by atoms with Gasteiger partial charge in [-0.05, 0) is 6.07 Å². The minimum absolute atomic E-state index is 0.0309. The Morgan fingerprint density at radius 2 is 2.29 bits per heavy atom. The number of non-ortho nitro benzene ring substituents is 1. The smallest absolute Gasteiger partial charge is 0.355 e. The molecule has 0 spiro atoms. The standard InChI is InChI=1S/C12H10ClN3O4S/c13-8-5-7(16(19)20)1-2-9(8)14-4-3-11-15-10(6-21-11)12(17)18/h1-2,5-6,14H,3-4H2,(H,17,18). The van der Waals surface area contributed by atoms with Gasteiger partial charge in [0.2, 0.25) is 0 Å². The first kappa shape index (κ1) is 15.2. The van der Waals surface area contributed by atoms with E-state index in [9.17, 15) is 14.9 Å². The number of halogens is 1. The number of aromatic nitrogens is 1. The average molecular weight is 328 g/mol. The van der Waals surface area contributed by atoms with Crippen molar-refractivity contribution in [1.29, 1.82) is 0 Å². The van der Waals surface area contributed by atoms with E-state index in [0.29, 0.717) is 23.7 Å². The number of hydrogen-bond donors (Lipinski definition) is 2. The monoisotopic (exact) mass is 327 g/mol. The molecule has 7 nitrogen and oxygen atoms in total. The second kappa shape index (κ2) is 6.51. The van der Waals surface area contributed by atoms with Crippen LogP contribution < -0.4 is 5.32 Å². The summed E-state index contributed by atoms with van der Waals surface area (Å²) in [5, 5.41) is 24.8. The molecule has 0 radical (unpaired) electrons. The summed E-state index contributed by atoms with van der Waals surface area (Å²) in [5.41, 5.74) is 0.539. The van der Waals surface area contributed by atoms with E-state index in [1.807, 2.05) is 0 Å². The lowest BCUT2D eigenvalue weighted by molar-refractivity contribution is -0.384. The van der Waals surface area contributed by atoms with Crippen LogP contribution >= 0.6 is 22.9 Å². The zero-order valence-electron chi connectivity index (χ0n) is 10.6.